The first-order valence-corrected chi connectivity index (χ1v) is 6.49. The fourth-order valence-electron chi connectivity index (χ4n) is 2.62. The lowest BCUT2D eigenvalue weighted by Crippen LogP contribution is -2.39. The third-order valence-corrected chi connectivity index (χ3v) is 3.46. The average molecular weight is 250 g/mol. The number of ether oxygens (including phenoxy) is 1. The molecule has 0 amide bonds. The number of β-amino-alcohol motifs (C(OH)–C–C–N with tert-alkyl or cyclic N) is 1. The van der Waals surface area contributed by atoms with E-state index in [1.54, 1.807) is 7.11 Å². The van der Waals surface area contributed by atoms with Crippen LogP contribution < -0.4 is 15.4 Å². The first-order valence-electron chi connectivity index (χ1n) is 6.49. The number of nitrogens with two attached hydrogens (primary N) is 1. The van der Waals surface area contributed by atoms with Crippen molar-refractivity contribution >= 4 is 5.69 Å². The number of benzene rings is 1. The number of methoxy groups -OCH3 is 1. The molecule has 3 N–H and O–H groups in total. The van der Waals surface area contributed by atoms with E-state index in [2.05, 4.69) is 11.0 Å². The Hall–Kier alpha value is -1.26. The molecule has 0 bridgehead atoms. The molecule has 1 fully saturated rings. The molecule has 18 heavy (non-hydrogen) atoms. The second kappa shape index (κ2) is 5.59. The first-order chi connectivity index (χ1) is 8.63. The Bertz CT molecular complexity index is 407. The molecule has 0 aromatic heterocycles. The zero-order chi connectivity index (χ0) is 13.1. The fourth-order valence-corrected chi connectivity index (χ4v) is 2.62. The summed E-state index contributed by atoms with van der Waals surface area (Å²) in [6.07, 6.45) is 1.65. The van der Waals surface area contributed by atoms with Gasteiger partial charge in [-0.05, 0) is 31.9 Å². The molecule has 1 heterocycles. The van der Waals surface area contributed by atoms with Gasteiger partial charge in [0.1, 0.15) is 5.75 Å². The van der Waals surface area contributed by atoms with Crippen molar-refractivity contribution in [3.8, 4) is 5.75 Å². The van der Waals surface area contributed by atoms with Crippen LogP contribution in [-0.4, -0.2) is 31.4 Å². The van der Waals surface area contributed by atoms with Crippen molar-refractivity contribution in [1.82, 2.24) is 0 Å². The van der Waals surface area contributed by atoms with Gasteiger partial charge in [0.25, 0.3) is 0 Å². The minimum atomic E-state index is -0.245. The third-order valence-electron chi connectivity index (χ3n) is 3.46. The highest BCUT2D eigenvalue weighted by Crippen LogP contribution is 2.34. The lowest BCUT2D eigenvalue weighted by Gasteiger charge is -2.34. The topological polar surface area (TPSA) is 58.7 Å². The van der Waals surface area contributed by atoms with Crippen molar-refractivity contribution in [2.75, 3.05) is 25.1 Å². The van der Waals surface area contributed by atoms with Gasteiger partial charge in [-0.3, -0.25) is 0 Å². The summed E-state index contributed by atoms with van der Waals surface area (Å²) in [5.74, 6) is 0.822. The van der Waals surface area contributed by atoms with Crippen molar-refractivity contribution in [3.63, 3.8) is 0 Å². The second-order valence-corrected chi connectivity index (χ2v) is 4.92. The number of anilines is 1. The van der Waals surface area contributed by atoms with Crippen molar-refractivity contribution in [2.45, 2.75) is 31.9 Å². The number of piperidine rings is 1. The van der Waals surface area contributed by atoms with E-state index in [1.807, 2.05) is 19.1 Å². The molecule has 1 aromatic carbocycles. The summed E-state index contributed by atoms with van der Waals surface area (Å²) < 4.78 is 5.40. The van der Waals surface area contributed by atoms with Crippen LogP contribution in [-0.2, 0) is 0 Å². The molecule has 2 rings (SSSR count). The molecule has 1 saturated heterocycles. The lowest BCUT2D eigenvalue weighted by atomic mass is 10.0. The van der Waals surface area contributed by atoms with E-state index in [0.29, 0.717) is 6.54 Å². The van der Waals surface area contributed by atoms with E-state index < -0.39 is 0 Å². The van der Waals surface area contributed by atoms with Gasteiger partial charge in [0.2, 0.25) is 0 Å². The Kier molecular flexibility index (Phi) is 4.09. The molecular formula is C14H22N2O2. The van der Waals surface area contributed by atoms with Crippen LogP contribution in [0.25, 0.3) is 0 Å². The normalized spacial score (nSPS) is 21.8. The summed E-state index contributed by atoms with van der Waals surface area (Å²) >= 11 is 0. The predicted molar refractivity (Wildman–Crippen MR) is 73.1 cm³/mol. The zero-order valence-corrected chi connectivity index (χ0v) is 11.1. The van der Waals surface area contributed by atoms with Gasteiger partial charge in [-0.1, -0.05) is 6.07 Å². The second-order valence-electron chi connectivity index (χ2n) is 4.92. The molecule has 1 aliphatic rings. The van der Waals surface area contributed by atoms with Crippen molar-refractivity contribution in [3.05, 3.63) is 23.8 Å². The number of aliphatic hydroxyl groups excluding tert-OH is 1. The predicted octanol–water partition coefficient (Wildman–Crippen LogP) is 1.68. The van der Waals surface area contributed by atoms with E-state index in [-0.39, 0.29) is 12.1 Å². The Morgan fingerprint density at radius 1 is 1.50 bits per heavy atom. The summed E-state index contributed by atoms with van der Waals surface area (Å²) in [5.41, 5.74) is 8.17. The smallest absolute Gasteiger partial charge is 0.125 e. The molecule has 100 valence electrons. The fraction of sp³-hybridized carbons (Fsp3) is 0.571. The van der Waals surface area contributed by atoms with Crippen LogP contribution in [0.3, 0.4) is 0 Å². The molecule has 0 spiro atoms. The van der Waals surface area contributed by atoms with Crippen LogP contribution >= 0.6 is 0 Å². The molecule has 4 nitrogen and oxygen atoms in total. The first kappa shape index (κ1) is 13.2. The van der Waals surface area contributed by atoms with Crippen LogP contribution in [0.1, 0.15) is 31.4 Å². The number of hydrogen-bond acceptors (Lipinski definition) is 4. The van der Waals surface area contributed by atoms with Crippen LogP contribution in [0.4, 0.5) is 5.69 Å². The maximum Gasteiger partial charge on any atom is 0.125 e. The Balaban J connectivity index is 2.36. The number of aliphatic hydroxyl groups is 1. The van der Waals surface area contributed by atoms with Crippen LogP contribution in [0, 0.1) is 0 Å². The summed E-state index contributed by atoms with van der Waals surface area (Å²) in [5, 5.41) is 9.79. The van der Waals surface area contributed by atoms with Crippen LogP contribution in [0.5, 0.6) is 5.75 Å². The molecular weight excluding hydrogens is 228 g/mol. The highest BCUT2D eigenvalue weighted by atomic mass is 16.5. The molecule has 1 unspecified atom stereocenters. The van der Waals surface area contributed by atoms with E-state index in [4.69, 9.17) is 10.5 Å². The highest BCUT2D eigenvalue weighted by molar-refractivity contribution is 5.61. The van der Waals surface area contributed by atoms with Crippen LogP contribution in [0.2, 0.25) is 0 Å². The summed E-state index contributed by atoms with van der Waals surface area (Å²) in [7, 11) is 1.66. The van der Waals surface area contributed by atoms with Crippen molar-refractivity contribution < 1.29 is 9.84 Å². The summed E-state index contributed by atoms with van der Waals surface area (Å²) in [6, 6.07) is 5.87. The monoisotopic (exact) mass is 250 g/mol. The highest BCUT2D eigenvalue weighted by Gasteiger charge is 2.22. The van der Waals surface area contributed by atoms with Crippen molar-refractivity contribution in [2.24, 2.45) is 5.73 Å². The minimum absolute atomic E-state index is 0.0878. The van der Waals surface area contributed by atoms with E-state index in [9.17, 15) is 5.11 Å². The van der Waals surface area contributed by atoms with E-state index in [1.165, 1.54) is 0 Å². The van der Waals surface area contributed by atoms with Gasteiger partial charge in [-0.25, -0.2) is 0 Å². The SMILES string of the molecule is COc1cccc(N2CCCC(O)C2)c1[C@H](C)N. The molecule has 1 aromatic rings. The molecule has 2 atom stereocenters. The number of rotatable bonds is 3. The van der Waals surface area contributed by atoms with Gasteiger partial charge in [0.15, 0.2) is 0 Å². The largest absolute Gasteiger partial charge is 0.496 e. The number of nitrogens with zero attached hydrogens (tertiary/aromatic N) is 1. The minimum Gasteiger partial charge on any atom is -0.496 e. The molecule has 0 saturated carbocycles. The average Bonchev–Trinajstić information content (AvgIpc) is 2.37. The summed E-state index contributed by atoms with van der Waals surface area (Å²) in [4.78, 5) is 2.20. The van der Waals surface area contributed by atoms with Gasteiger partial charge >= 0.3 is 0 Å². The molecule has 0 radical (unpaired) electrons. The Labute approximate surface area is 108 Å². The molecule has 0 aliphatic carbocycles. The number of hydrogen-bond donors (Lipinski definition) is 2. The molecule has 4 heteroatoms. The van der Waals surface area contributed by atoms with Gasteiger partial charge in [-0.15, -0.1) is 0 Å². The Morgan fingerprint density at radius 2 is 2.28 bits per heavy atom. The van der Waals surface area contributed by atoms with Gasteiger partial charge in [0, 0.05) is 30.4 Å². The Morgan fingerprint density at radius 3 is 2.89 bits per heavy atom. The maximum atomic E-state index is 9.79. The van der Waals surface area contributed by atoms with Crippen molar-refractivity contribution in [1.29, 1.82) is 0 Å². The zero-order valence-electron chi connectivity index (χ0n) is 11.1. The van der Waals surface area contributed by atoms with Gasteiger partial charge < -0.3 is 20.5 Å². The summed E-state index contributed by atoms with van der Waals surface area (Å²) in [6.45, 7) is 3.60. The maximum absolute atomic E-state index is 9.79. The van der Waals surface area contributed by atoms with Gasteiger partial charge in [0.05, 0.1) is 13.2 Å². The lowest BCUT2D eigenvalue weighted by molar-refractivity contribution is 0.154. The standard InChI is InChI=1S/C14H22N2O2/c1-10(15)14-12(6-3-7-13(14)18-2)16-8-4-5-11(17)9-16/h3,6-7,10-11,17H,4-5,8-9,15H2,1-2H3/t10-,11?/m0/s1. The van der Waals surface area contributed by atoms with Crippen LogP contribution in [0.15, 0.2) is 18.2 Å². The van der Waals surface area contributed by atoms with E-state index >= 15 is 0 Å². The third kappa shape index (κ3) is 2.60. The van der Waals surface area contributed by atoms with Gasteiger partial charge in [-0.2, -0.15) is 0 Å². The molecule has 1 aliphatic heterocycles. The quantitative estimate of drug-likeness (QED) is 0.857. The van der Waals surface area contributed by atoms with E-state index in [0.717, 1.165) is 36.4 Å².